The van der Waals surface area contributed by atoms with Gasteiger partial charge in [-0.3, -0.25) is 4.79 Å². The summed E-state index contributed by atoms with van der Waals surface area (Å²) in [5.74, 6) is 0.257. The maximum atomic E-state index is 12.2. The summed E-state index contributed by atoms with van der Waals surface area (Å²) in [6, 6.07) is 9.26. The average Bonchev–Trinajstić information content (AvgIpc) is 3.02. The predicted octanol–water partition coefficient (Wildman–Crippen LogP) is 2.79. The molecule has 24 heavy (non-hydrogen) atoms. The predicted molar refractivity (Wildman–Crippen MR) is 89.0 cm³/mol. The molecule has 2 N–H and O–H groups in total. The summed E-state index contributed by atoms with van der Waals surface area (Å²) < 4.78 is 16.5. The van der Waals surface area contributed by atoms with Crippen molar-refractivity contribution in [2.45, 2.75) is 20.3 Å². The fraction of sp³-hybridized carbons (Fsp3) is 0.222. The number of ether oxygens (including phenoxy) is 1. The van der Waals surface area contributed by atoms with E-state index in [4.69, 9.17) is 19.3 Å². The maximum Gasteiger partial charge on any atom is 0.343 e. The molecule has 0 spiro atoms. The standard InChI is InChI=1S/C18H17NO5/c1-3-12-16(23-15(20)9-19)10(2)18(21)24-17(12)14-8-11-6-4-5-7-13(11)22-14/h4-8H,3,9,19H2,1-2H3. The number of carbonyl (C=O) groups excluding carboxylic acids is 1. The van der Waals surface area contributed by atoms with E-state index in [0.29, 0.717) is 23.3 Å². The number of hydrogen-bond donors (Lipinski definition) is 1. The Morgan fingerprint density at radius 2 is 2.00 bits per heavy atom. The van der Waals surface area contributed by atoms with Crippen LogP contribution in [0, 0.1) is 6.92 Å². The van der Waals surface area contributed by atoms with Gasteiger partial charge in [0.1, 0.15) is 11.3 Å². The quantitative estimate of drug-likeness (QED) is 0.740. The first-order valence-electron chi connectivity index (χ1n) is 7.61. The molecule has 6 heteroatoms. The molecule has 0 saturated heterocycles. The summed E-state index contributed by atoms with van der Waals surface area (Å²) in [6.07, 6.45) is 0.490. The molecular formula is C18H17NO5. The van der Waals surface area contributed by atoms with Gasteiger partial charge in [0, 0.05) is 10.9 Å². The molecule has 0 amide bonds. The summed E-state index contributed by atoms with van der Waals surface area (Å²) >= 11 is 0. The number of benzene rings is 1. The number of furan rings is 1. The van der Waals surface area contributed by atoms with Crippen molar-refractivity contribution in [1.29, 1.82) is 0 Å². The number of esters is 1. The molecule has 0 unspecified atom stereocenters. The van der Waals surface area contributed by atoms with E-state index in [-0.39, 0.29) is 23.6 Å². The van der Waals surface area contributed by atoms with Crippen molar-refractivity contribution in [3.63, 3.8) is 0 Å². The van der Waals surface area contributed by atoms with Crippen molar-refractivity contribution in [1.82, 2.24) is 0 Å². The van der Waals surface area contributed by atoms with Crippen LogP contribution in [0.4, 0.5) is 0 Å². The van der Waals surface area contributed by atoms with E-state index in [1.807, 2.05) is 31.2 Å². The molecule has 0 atom stereocenters. The minimum Gasteiger partial charge on any atom is -0.453 e. The van der Waals surface area contributed by atoms with E-state index >= 15 is 0 Å². The lowest BCUT2D eigenvalue weighted by molar-refractivity contribution is -0.132. The molecule has 6 nitrogen and oxygen atoms in total. The fourth-order valence-electron chi connectivity index (χ4n) is 2.56. The van der Waals surface area contributed by atoms with E-state index in [0.717, 1.165) is 5.39 Å². The third kappa shape index (κ3) is 2.72. The van der Waals surface area contributed by atoms with Gasteiger partial charge in [0.05, 0.1) is 12.1 Å². The molecule has 0 saturated carbocycles. The molecule has 1 aromatic carbocycles. The van der Waals surface area contributed by atoms with Crippen LogP contribution in [-0.2, 0) is 11.2 Å². The smallest absolute Gasteiger partial charge is 0.343 e. The monoisotopic (exact) mass is 327 g/mol. The average molecular weight is 327 g/mol. The zero-order chi connectivity index (χ0) is 17.3. The third-order valence-electron chi connectivity index (χ3n) is 3.78. The second-order valence-corrected chi connectivity index (χ2v) is 5.33. The number of nitrogens with two attached hydrogens (primary N) is 1. The SMILES string of the molecule is CCc1c(-c2cc3ccccc3o2)oc(=O)c(C)c1OC(=O)CN. The summed E-state index contributed by atoms with van der Waals surface area (Å²) in [7, 11) is 0. The van der Waals surface area contributed by atoms with Gasteiger partial charge in [0.25, 0.3) is 0 Å². The van der Waals surface area contributed by atoms with Crippen molar-refractivity contribution in [2.24, 2.45) is 5.73 Å². The molecule has 0 bridgehead atoms. The van der Waals surface area contributed by atoms with E-state index < -0.39 is 11.6 Å². The third-order valence-corrected chi connectivity index (χ3v) is 3.78. The molecule has 0 aliphatic heterocycles. The maximum absolute atomic E-state index is 12.2. The Kier molecular flexibility index (Phi) is 4.22. The Morgan fingerprint density at radius 1 is 1.25 bits per heavy atom. The second kappa shape index (κ2) is 6.33. The lowest BCUT2D eigenvalue weighted by atomic mass is 10.1. The Morgan fingerprint density at radius 3 is 2.67 bits per heavy atom. The highest BCUT2D eigenvalue weighted by atomic mass is 16.5. The Bertz CT molecular complexity index is 934. The van der Waals surface area contributed by atoms with E-state index in [2.05, 4.69) is 0 Å². The van der Waals surface area contributed by atoms with Gasteiger partial charge in [-0.15, -0.1) is 0 Å². The van der Waals surface area contributed by atoms with Gasteiger partial charge < -0.3 is 19.3 Å². The van der Waals surface area contributed by atoms with Crippen LogP contribution < -0.4 is 16.1 Å². The van der Waals surface area contributed by atoms with Crippen LogP contribution in [0.2, 0.25) is 0 Å². The van der Waals surface area contributed by atoms with Gasteiger partial charge in [-0.2, -0.15) is 0 Å². The molecule has 3 rings (SSSR count). The molecule has 0 fully saturated rings. The molecule has 2 heterocycles. The molecule has 0 aliphatic carbocycles. The van der Waals surface area contributed by atoms with Crippen LogP contribution in [0.15, 0.2) is 44.0 Å². The van der Waals surface area contributed by atoms with Gasteiger partial charge in [0.15, 0.2) is 11.5 Å². The Labute approximate surface area is 137 Å². The van der Waals surface area contributed by atoms with E-state index in [9.17, 15) is 9.59 Å². The van der Waals surface area contributed by atoms with E-state index in [1.165, 1.54) is 0 Å². The van der Waals surface area contributed by atoms with E-state index in [1.54, 1.807) is 13.0 Å². The number of rotatable bonds is 4. The van der Waals surface area contributed by atoms with Crippen molar-refractivity contribution < 1.29 is 18.4 Å². The normalized spacial score (nSPS) is 11.0. The second-order valence-electron chi connectivity index (χ2n) is 5.33. The van der Waals surface area contributed by atoms with Crippen LogP contribution in [0.5, 0.6) is 5.75 Å². The first-order valence-corrected chi connectivity index (χ1v) is 7.61. The lowest BCUT2D eigenvalue weighted by Gasteiger charge is -2.12. The molecule has 2 aromatic heterocycles. The summed E-state index contributed by atoms with van der Waals surface area (Å²) in [5.41, 5.74) is 6.22. The van der Waals surface area contributed by atoms with Crippen molar-refractivity contribution in [3.8, 4) is 17.3 Å². The number of carbonyl (C=O) groups is 1. The largest absolute Gasteiger partial charge is 0.453 e. The minimum atomic E-state index is -0.617. The first kappa shape index (κ1) is 16.0. The van der Waals surface area contributed by atoms with Crippen LogP contribution in [-0.4, -0.2) is 12.5 Å². The number of fused-ring (bicyclic) bond motifs is 1. The highest BCUT2D eigenvalue weighted by Crippen LogP contribution is 2.35. The Hall–Kier alpha value is -2.86. The molecule has 0 aliphatic rings. The highest BCUT2D eigenvalue weighted by molar-refractivity contribution is 5.83. The van der Waals surface area contributed by atoms with Crippen LogP contribution in [0.1, 0.15) is 18.1 Å². The number of hydrogen-bond acceptors (Lipinski definition) is 6. The zero-order valence-electron chi connectivity index (χ0n) is 13.4. The van der Waals surface area contributed by atoms with Crippen molar-refractivity contribution in [3.05, 3.63) is 51.9 Å². The van der Waals surface area contributed by atoms with Crippen LogP contribution in [0.3, 0.4) is 0 Å². The van der Waals surface area contributed by atoms with Crippen molar-refractivity contribution >= 4 is 16.9 Å². The summed E-state index contributed by atoms with van der Waals surface area (Å²) in [5, 5.41) is 0.887. The van der Waals surface area contributed by atoms with Gasteiger partial charge >= 0.3 is 11.6 Å². The van der Waals surface area contributed by atoms with Crippen LogP contribution >= 0.6 is 0 Å². The fourth-order valence-corrected chi connectivity index (χ4v) is 2.56. The van der Waals surface area contributed by atoms with Gasteiger partial charge in [0.2, 0.25) is 0 Å². The lowest BCUT2D eigenvalue weighted by Crippen LogP contribution is -2.22. The van der Waals surface area contributed by atoms with Crippen molar-refractivity contribution in [2.75, 3.05) is 6.54 Å². The summed E-state index contributed by atoms with van der Waals surface area (Å²) in [4.78, 5) is 23.8. The molecular weight excluding hydrogens is 310 g/mol. The molecule has 3 aromatic rings. The summed E-state index contributed by atoms with van der Waals surface area (Å²) in [6.45, 7) is 3.15. The first-order chi connectivity index (χ1) is 11.5. The molecule has 0 radical (unpaired) electrons. The van der Waals surface area contributed by atoms with Gasteiger partial charge in [-0.1, -0.05) is 25.1 Å². The van der Waals surface area contributed by atoms with Gasteiger partial charge in [-0.25, -0.2) is 4.79 Å². The van der Waals surface area contributed by atoms with Gasteiger partial charge in [-0.05, 0) is 25.5 Å². The van der Waals surface area contributed by atoms with Crippen LogP contribution in [0.25, 0.3) is 22.5 Å². The Balaban J connectivity index is 2.23. The minimum absolute atomic E-state index is 0.194. The topological polar surface area (TPSA) is 95.7 Å². The zero-order valence-corrected chi connectivity index (χ0v) is 13.4. The number of para-hydroxylation sites is 1. The highest BCUT2D eigenvalue weighted by Gasteiger charge is 2.22. The molecule has 124 valence electrons.